The molecule has 0 unspecified atom stereocenters. The summed E-state index contributed by atoms with van der Waals surface area (Å²) in [5.41, 5.74) is 2.46. The van der Waals surface area contributed by atoms with Gasteiger partial charge in [-0.25, -0.2) is 4.99 Å². The fourth-order valence-electron chi connectivity index (χ4n) is 2.23. The van der Waals surface area contributed by atoms with Crippen LogP contribution in [-0.2, 0) is 20.1 Å². The second-order valence-corrected chi connectivity index (χ2v) is 6.99. The Morgan fingerprint density at radius 3 is 2.50 bits per heavy atom. The van der Waals surface area contributed by atoms with E-state index in [9.17, 15) is 0 Å². The van der Waals surface area contributed by atoms with Crippen molar-refractivity contribution < 1.29 is 0 Å². The number of nitrogens with zero attached hydrogens (tertiary/aromatic N) is 4. The van der Waals surface area contributed by atoms with Crippen molar-refractivity contribution in [2.24, 2.45) is 12.0 Å². The Hall–Kier alpha value is -1.29. The summed E-state index contributed by atoms with van der Waals surface area (Å²) in [6.07, 6.45) is 3.23. The highest BCUT2D eigenvalue weighted by Gasteiger charge is 2.06. The van der Waals surface area contributed by atoms with E-state index in [0.29, 0.717) is 13.1 Å². The Labute approximate surface area is 177 Å². The van der Waals surface area contributed by atoms with Crippen LogP contribution in [0.4, 0.5) is 0 Å². The molecule has 0 radical (unpaired) electrons. The summed E-state index contributed by atoms with van der Waals surface area (Å²) in [5, 5.41) is 15.0. The number of hydrogen-bond donors (Lipinski definition) is 2. The van der Waals surface area contributed by atoms with Crippen LogP contribution in [0.2, 0.25) is 0 Å². The van der Waals surface area contributed by atoms with Crippen molar-refractivity contribution in [1.82, 2.24) is 25.4 Å². The lowest BCUT2D eigenvalue weighted by Crippen LogP contribution is -2.38. The van der Waals surface area contributed by atoms with Crippen molar-refractivity contribution in [1.29, 1.82) is 0 Å². The third-order valence-corrected chi connectivity index (χ3v) is 4.65. The molecule has 0 aliphatic rings. The lowest BCUT2D eigenvalue weighted by atomic mass is 10.1. The third kappa shape index (κ3) is 7.53. The van der Waals surface area contributed by atoms with E-state index in [1.54, 1.807) is 0 Å². The van der Waals surface area contributed by atoms with E-state index in [1.165, 1.54) is 11.1 Å². The Morgan fingerprint density at radius 1 is 1.15 bits per heavy atom. The molecule has 0 amide bonds. The molecule has 0 aliphatic heterocycles. The standard InChI is InChI=1S/C18H28N6S.HI/c1-14-6-8-16(9-7-14)12-20-18(19-10-5-11-25-4)21-13-17-23-22-15(2)24(17)3;/h6-9H,5,10-13H2,1-4H3,(H2,19,20,21);1H. The van der Waals surface area contributed by atoms with Crippen LogP contribution in [0.25, 0.3) is 0 Å². The highest BCUT2D eigenvalue weighted by molar-refractivity contribution is 14.0. The van der Waals surface area contributed by atoms with Crippen LogP contribution < -0.4 is 10.6 Å². The third-order valence-electron chi connectivity index (χ3n) is 3.95. The van der Waals surface area contributed by atoms with Crippen molar-refractivity contribution in [2.75, 3.05) is 18.6 Å². The maximum absolute atomic E-state index is 4.70. The Balaban J connectivity index is 0.00000338. The van der Waals surface area contributed by atoms with Crippen LogP contribution in [0.15, 0.2) is 29.3 Å². The van der Waals surface area contributed by atoms with E-state index in [4.69, 9.17) is 4.99 Å². The predicted octanol–water partition coefficient (Wildman–Crippen LogP) is 3.04. The molecule has 2 N–H and O–H groups in total. The van der Waals surface area contributed by atoms with Gasteiger partial charge in [0.15, 0.2) is 11.8 Å². The summed E-state index contributed by atoms with van der Waals surface area (Å²) in [7, 11) is 1.97. The second kappa shape index (κ2) is 12.2. The topological polar surface area (TPSA) is 67.1 Å². The minimum atomic E-state index is 0. The summed E-state index contributed by atoms with van der Waals surface area (Å²) in [6, 6.07) is 8.48. The zero-order chi connectivity index (χ0) is 18.1. The van der Waals surface area contributed by atoms with Crippen molar-refractivity contribution in [3.8, 4) is 0 Å². The molecule has 26 heavy (non-hydrogen) atoms. The van der Waals surface area contributed by atoms with Crippen molar-refractivity contribution in [3.05, 3.63) is 47.0 Å². The molecule has 0 saturated carbocycles. The maximum Gasteiger partial charge on any atom is 0.191 e. The van der Waals surface area contributed by atoms with E-state index in [1.807, 2.05) is 30.3 Å². The highest BCUT2D eigenvalue weighted by atomic mass is 127. The number of aromatic nitrogens is 3. The van der Waals surface area contributed by atoms with Crippen molar-refractivity contribution in [3.63, 3.8) is 0 Å². The van der Waals surface area contributed by atoms with E-state index < -0.39 is 0 Å². The molecule has 1 heterocycles. The first kappa shape index (κ1) is 22.8. The van der Waals surface area contributed by atoms with Gasteiger partial charge in [0.2, 0.25) is 0 Å². The van der Waals surface area contributed by atoms with Crippen LogP contribution >= 0.6 is 35.7 Å². The average Bonchev–Trinajstić information content (AvgIpc) is 2.93. The predicted molar refractivity (Wildman–Crippen MR) is 121 cm³/mol. The van der Waals surface area contributed by atoms with Crippen LogP contribution in [0, 0.1) is 13.8 Å². The van der Waals surface area contributed by atoms with Gasteiger partial charge in [0, 0.05) is 13.6 Å². The first-order valence-corrected chi connectivity index (χ1v) is 9.91. The van der Waals surface area contributed by atoms with Crippen LogP contribution in [0.3, 0.4) is 0 Å². The molecule has 0 spiro atoms. The van der Waals surface area contributed by atoms with E-state index in [2.05, 4.69) is 58.3 Å². The molecule has 144 valence electrons. The van der Waals surface area contributed by atoms with Crippen molar-refractivity contribution >= 4 is 41.7 Å². The minimum Gasteiger partial charge on any atom is -0.356 e. The van der Waals surface area contributed by atoms with E-state index in [0.717, 1.165) is 36.3 Å². The van der Waals surface area contributed by atoms with Gasteiger partial charge in [-0.2, -0.15) is 11.8 Å². The summed E-state index contributed by atoms with van der Waals surface area (Å²) >= 11 is 1.86. The van der Waals surface area contributed by atoms with E-state index >= 15 is 0 Å². The van der Waals surface area contributed by atoms with Gasteiger partial charge < -0.3 is 15.2 Å². The highest BCUT2D eigenvalue weighted by Crippen LogP contribution is 2.04. The van der Waals surface area contributed by atoms with Gasteiger partial charge in [0.1, 0.15) is 5.82 Å². The molecule has 1 aromatic heterocycles. The van der Waals surface area contributed by atoms with Crippen LogP contribution in [0.1, 0.15) is 29.2 Å². The minimum absolute atomic E-state index is 0. The van der Waals surface area contributed by atoms with Gasteiger partial charge in [-0.3, -0.25) is 0 Å². The molecular formula is C18H29IN6S. The molecular weight excluding hydrogens is 459 g/mol. The van der Waals surface area contributed by atoms with Gasteiger partial charge in [-0.05, 0) is 37.8 Å². The molecule has 0 bridgehead atoms. The van der Waals surface area contributed by atoms with Crippen molar-refractivity contribution in [2.45, 2.75) is 33.4 Å². The molecule has 2 rings (SSSR count). The quantitative estimate of drug-likeness (QED) is 0.259. The van der Waals surface area contributed by atoms with Gasteiger partial charge >= 0.3 is 0 Å². The summed E-state index contributed by atoms with van der Waals surface area (Å²) in [4.78, 5) is 4.70. The second-order valence-electron chi connectivity index (χ2n) is 6.00. The summed E-state index contributed by atoms with van der Waals surface area (Å²) in [5.74, 6) is 3.75. The number of rotatable bonds is 8. The number of guanidine groups is 1. The van der Waals surface area contributed by atoms with Gasteiger partial charge in [-0.1, -0.05) is 29.8 Å². The molecule has 8 heteroatoms. The van der Waals surface area contributed by atoms with Gasteiger partial charge in [0.25, 0.3) is 0 Å². The largest absolute Gasteiger partial charge is 0.356 e. The van der Waals surface area contributed by atoms with Gasteiger partial charge in [-0.15, -0.1) is 34.2 Å². The van der Waals surface area contributed by atoms with Crippen LogP contribution in [0.5, 0.6) is 0 Å². The fourth-order valence-corrected chi connectivity index (χ4v) is 2.66. The SMILES string of the molecule is CSCCCNC(=NCc1ccc(C)cc1)NCc1nnc(C)n1C.I. The molecule has 6 nitrogen and oxygen atoms in total. The normalized spacial score (nSPS) is 11.2. The number of thioether (sulfide) groups is 1. The monoisotopic (exact) mass is 488 g/mol. The summed E-state index contributed by atoms with van der Waals surface area (Å²) in [6.45, 7) is 6.19. The number of halogens is 1. The first-order chi connectivity index (χ1) is 12.1. The molecule has 0 atom stereocenters. The lowest BCUT2D eigenvalue weighted by molar-refractivity contribution is 0.711. The maximum atomic E-state index is 4.70. The van der Waals surface area contributed by atoms with Gasteiger partial charge in [0.05, 0.1) is 13.1 Å². The lowest BCUT2D eigenvalue weighted by Gasteiger charge is -2.12. The number of aryl methyl sites for hydroxylation is 2. The molecule has 0 aliphatic carbocycles. The number of hydrogen-bond acceptors (Lipinski definition) is 4. The fraction of sp³-hybridized carbons (Fsp3) is 0.500. The molecule has 2 aromatic rings. The Kier molecular flexibility index (Phi) is 10.6. The number of aliphatic imine (C=N–C) groups is 1. The smallest absolute Gasteiger partial charge is 0.191 e. The number of nitrogens with one attached hydrogen (secondary N) is 2. The molecule has 0 saturated heterocycles. The van der Waals surface area contributed by atoms with E-state index in [-0.39, 0.29) is 24.0 Å². The molecule has 0 fully saturated rings. The Bertz CT molecular complexity index is 683. The summed E-state index contributed by atoms with van der Waals surface area (Å²) < 4.78 is 1.98. The molecule has 1 aromatic carbocycles. The van der Waals surface area contributed by atoms with Crippen LogP contribution in [-0.4, -0.2) is 39.3 Å². The zero-order valence-electron chi connectivity index (χ0n) is 16.0. The average molecular weight is 488 g/mol. The Morgan fingerprint density at radius 2 is 1.88 bits per heavy atom. The first-order valence-electron chi connectivity index (χ1n) is 8.51. The zero-order valence-corrected chi connectivity index (χ0v) is 19.1. The number of benzene rings is 1.